The molecule has 1 fully saturated rings. The Morgan fingerprint density at radius 1 is 1.23 bits per heavy atom. The third-order valence-corrected chi connectivity index (χ3v) is 3.29. The molecule has 0 spiro atoms. The van der Waals surface area contributed by atoms with E-state index in [-0.39, 0.29) is 29.7 Å². The van der Waals surface area contributed by atoms with Crippen molar-refractivity contribution < 1.29 is 19.2 Å². The smallest absolute Gasteiger partial charge is 0.284 e. The first kappa shape index (κ1) is 14.2. The fourth-order valence-electron chi connectivity index (χ4n) is 2.10. The highest BCUT2D eigenvalue weighted by atomic mass is 16.6. The van der Waals surface area contributed by atoms with Crippen LogP contribution in [0.25, 0.3) is 0 Å². The fourth-order valence-corrected chi connectivity index (χ4v) is 2.10. The number of hydrogen-bond acceptors (Lipinski definition) is 5. The molecule has 0 N–H and O–H groups in total. The summed E-state index contributed by atoms with van der Waals surface area (Å²) in [6.45, 7) is 0.882. The molecular weight excluding hydrogens is 286 g/mol. The van der Waals surface area contributed by atoms with Crippen LogP contribution in [0.3, 0.4) is 0 Å². The van der Waals surface area contributed by atoms with Gasteiger partial charge in [0.25, 0.3) is 5.69 Å². The van der Waals surface area contributed by atoms with Crippen LogP contribution in [0.1, 0.15) is 15.9 Å². The molecule has 1 aliphatic heterocycles. The van der Waals surface area contributed by atoms with Crippen molar-refractivity contribution in [3.8, 4) is 5.75 Å². The van der Waals surface area contributed by atoms with Gasteiger partial charge in [0, 0.05) is 11.6 Å². The monoisotopic (exact) mass is 299 g/mol. The number of nitro benzene ring substituents is 1. The molecule has 6 heteroatoms. The van der Waals surface area contributed by atoms with Crippen molar-refractivity contribution in [3.05, 3.63) is 69.8 Å². The van der Waals surface area contributed by atoms with E-state index in [9.17, 15) is 14.9 Å². The average molecular weight is 299 g/mol. The Morgan fingerprint density at radius 3 is 2.59 bits per heavy atom. The number of nitrogens with zero attached hydrogens (tertiary/aromatic N) is 1. The van der Waals surface area contributed by atoms with Crippen LogP contribution in [0, 0.1) is 10.1 Å². The minimum absolute atomic E-state index is 0.000982. The molecule has 1 aliphatic rings. The number of ether oxygens (including phenoxy) is 2. The summed E-state index contributed by atoms with van der Waals surface area (Å²) in [5.74, 6) is -0.224. The lowest BCUT2D eigenvalue weighted by atomic mass is 10.0. The highest BCUT2D eigenvalue weighted by molar-refractivity contribution is 6.13. The Hall–Kier alpha value is -2.73. The first-order valence-electron chi connectivity index (χ1n) is 6.78. The standard InChI is InChI=1S/C16H13NO5/c18-16(11-5-2-1-3-6-11)15-13(17(19)20)7-4-8-14(15)22-10-12-9-21-12/h1-8,12H,9-10H2. The van der Waals surface area contributed by atoms with Crippen LogP contribution in [0.5, 0.6) is 5.75 Å². The van der Waals surface area contributed by atoms with Crippen LogP contribution in [0.2, 0.25) is 0 Å². The summed E-state index contributed by atoms with van der Waals surface area (Å²) >= 11 is 0. The van der Waals surface area contributed by atoms with Gasteiger partial charge in [-0.1, -0.05) is 36.4 Å². The number of carbonyl (C=O) groups is 1. The van der Waals surface area contributed by atoms with E-state index in [4.69, 9.17) is 9.47 Å². The summed E-state index contributed by atoms with van der Waals surface area (Å²) in [5.41, 5.74) is 0.0896. The highest BCUT2D eigenvalue weighted by Crippen LogP contribution is 2.31. The molecule has 112 valence electrons. The number of rotatable bonds is 6. The molecule has 2 aromatic carbocycles. The summed E-state index contributed by atoms with van der Waals surface area (Å²) < 4.78 is 10.6. The molecule has 22 heavy (non-hydrogen) atoms. The Kier molecular flexibility index (Phi) is 3.84. The Balaban J connectivity index is 2.01. The predicted octanol–water partition coefficient (Wildman–Crippen LogP) is 2.60. The van der Waals surface area contributed by atoms with Crippen molar-refractivity contribution in [1.82, 2.24) is 0 Å². The Morgan fingerprint density at radius 2 is 1.95 bits per heavy atom. The van der Waals surface area contributed by atoms with E-state index in [1.54, 1.807) is 36.4 Å². The van der Waals surface area contributed by atoms with Crippen LogP contribution in [-0.2, 0) is 4.74 Å². The molecule has 1 unspecified atom stereocenters. The zero-order valence-corrected chi connectivity index (χ0v) is 11.6. The molecule has 0 bridgehead atoms. The topological polar surface area (TPSA) is 82.0 Å². The van der Waals surface area contributed by atoms with E-state index in [1.807, 2.05) is 0 Å². The van der Waals surface area contributed by atoms with E-state index in [0.717, 1.165) is 0 Å². The summed E-state index contributed by atoms with van der Waals surface area (Å²) in [4.78, 5) is 23.3. The lowest BCUT2D eigenvalue weighted by molar-refractivity contribution is -0.385. The zero-order chi connectivity index (χ0) is 15.5. The normalized spacial score (nSPS) is 16.1. The second-order valence-electron chi connectivity index (χ2n) is 4.87. The Labute approximate surface area is 126 Å². The lowest BCUT2D eigenvalue weighted by Crippen LogP contribution is -2.11. The maximum Gasteiger partial charge on any atom is 0.284 e. The predicted molar refractivity (Wildman–Crippen MR) is 78.2 cm³/mol. The van der Waals surface area contributed by atoms with Gasteiger partial charge < -0.3 is 9.47 Å². The number of nitro groups is 1. The van der Waals surface area contributed by atoms with Crippen LogP contribution >= 0.6 is 0 Å². The maximum absolute atomic E-state index is 12.6. The summed E-state index contributed by atoms with van der Waals surface area (Å²) in [7, 11) is 0. The summed E-state index contributed by atoms with van der Waals surface area (Å²) in [6, 6.07) is 12.8. The molecule has 0 amide bonds. The Bertz CT molecular complexity index is 710. The lowest BCUT2D eigenvalue weighted by Gasteiger charge is -2.10. The highest BCUT2D eigenvalue weighted by Gasteiger charge is 2.28. The molecule has 1 saturated heterocycles. The van der Waals surface area contributed by atoms with Gasteiger partial charge in [-0.05, 0) is 6.07 Å². The van der Waals surface area contributed by atoms with Crippen molar-refractivity contribution in [2.24, 2.45) is 0 Å². The molecule has 6 nitrogen and oxygen atoms in total. The van der Waals surface area contributed by atoms with Gasteiger partial charge in [0.05, 0.1) is 11.5 Å². The average Bonchev–Trinajstić information content (AvgIpc) is 3.37. The van der Waals surface area contributed by atoms with E-state index in [2.05, 4.69) is 0 Å². The molecule has 2 aromatic rings. The van der Waals surface area contributed by atoms with Crippen molar-refractivity contribution in [2.45, 2.75) is 6.10 Å². The molecule has 0 aliphatic carbocycles. The first-order valence-corrected chi connectivity index (χ1v) is 6.78. The van der Waals surface area contributed by atoms with E-state index in [0.29, 0.717) is 12.2 Å². The SMILES string of the molecule is O=C(c1ccccc1)c1c(OCC2CO2)cccc1[N+](=O)[O-]. The molecule has 1 atom stereocenters. The third kappa shape index (κ3) is 2.96. The van der Waals surface area contributed by atoms with E-state index < -0.39 is 10.7 Å². The number of epoxide rings is 1. The van der Waals surface area contributed by atoms with Crippen LogP contribution < -0.4 is 4.74 Å². The summed E-state index contributed by atoms with van der Waals surface area (Å²) in [6.07, 6.45) is -0.000982. The van der Waals surface area contributed by atoms with Crippen molar-refractivity contribution in [1.29, 1.82) is 0 Å². The zero-order valence-electron chi connectivity index (χ0n) is 11.6. The third-order valence-electron chi connectivity index (χ3n) is 3.29. The molecule has 0 radical (unpaired) electrons. The minimum Gasteiger partial charge on any atom is -0.490 e. The molecule has 3 rings (SSSR count). The van der Waals surface area contributed by atoms with Crippen molar-refractivity contribution in [2.75, 3.05) is 13.2 Å². The second-order valence-corrected chi connectivity index (χ2v) is 4.87. The molecular formula is C16H13NO5. The molecule has 0 aromatic heterocycles. The second kappa shape index (κ2) is 5.95. The first-order chi connectivity index (χ1) is 10.7. The van der Waals surface area contributed by atoms with E-state index >= 15 is 0 Å². The van der Waals surface area contributed by atoms with Gasteiger partial charge in [0.1, 0.15) is 24.0 Å². The number of hydrogen-bond donors (Lipinski definition) is 0. The fraction of sp³-hybridized carbons (Fsp3) is 0.188. The van der Waals surface area contributed by atoms with Crippen molar-refractivity contribution in [3.63, 3.8) is 0 Å². The molecule has 1 heterocycles. The quantitative estimate of drug-likeness (QED) is 0.354. The number of ketones is 1. The van der Waals surface area contributed by atoms with Gasteiger partial charge in [-0.15, -0.1) is 0 Å². The van der Waals surface area contributed by atoms with Gasteiger partial charge in [0.15, 0.2) is 0 Å². The van der Waals surface area contributed by atoms with Gasteiger partial charge in [-0.2, -0.15) is 0 Å². The number of benzene rings is 2. The van der Waals surface area contributed by atoms with Crippen LogP contribution in [0.15, 0.2) is 48.5 Å². The van der Waals surface area contributed by atoms with Crippen LogP contribution in [0.4, 0.5) is 5.69 Å². The number of carbonyl (C=O) groups excluding carboxylic acids is 1. The minimum atomic E-state index is -0.573. The van der Waals surface area contributed by atoms with Crippen LogP contribution in [-0.4, -0.2) is 30.0 Å². The van der Waals surface area contributed by atoms with Crippen molar-refractivity contribution >= 4 is 11.5 Å². The van der Waals surface area contributed by atoms with Gasteiger partial charge in [-0.25, -0.2) is 0 Å². The van der Waals surface area contributed by atoms with Gasteiger partial charge in [-0.3, -0.25) is 14.9 Å². The van der Waals surface area contributed by atoms with Gasteiger partial charge >= 0.3 is 0 Å². The van der Waals surface area contributed by atoms with Gasteiger partial charge in [0.2, 0.25) is 5.78 Å². The maximum atomic E-state index is 12.6. The van der Waals surface area contributed by atoms with E-state index in [1.165, 1.54) is 12.1 Å². The molecule has 0 saturated carbocycles. The summed E-state index contributed by atoms with van der Waals surface area (Å²) in [5, 5.41) is 11.2. The largest absolute Gasteiger partial charge is 0.490 e.